The highest BCUT2D eigenvalue weighted by molar-refractivity contribution is 5.73. The van der Waals surface area contributed by atoms with Crippen molar-refractivity contribution in [2.45, 2.75) is 12.5 Å². The summed E-state index contributed by atoms with van der Waals surface area (Å²) in [5, 5.41) is 14.5. The zero-order valence-corrected chi connectivity index (χ0v) is 6.19. The first-order valence-electron chi connectivity index (χ1n) is 3.03. The molecule has 7 nitrogen and oxygen atoms in total. The minimum absolute atomic E-state index is 0. The summed E-state index contributed by atoms with van der Waals surface area (Å²) in [5.41, 5.74) is 5.22. The topological polar surface area (TPSA) is 136 Å². The van der Waals surface area contributed by atoms with E-state index >= 15 is 0 Å². The van der Waals surface area contributed by atoms with Crippen molar-refractivity contribution in [3.05, 3.63) is 12.2 Å². The van der Waals surface area contributed by atoms with Crippen LogP contribution in [0.25, 0.3) is 0 Å². The number of nitrogens with zero attached hydrogens (tertiary/aromatic N) is 2. The van der Waals surface area contributed by atoms with Crippen LogP contribution in [0, 0.1) is 0 Å². The number of nitrogens with one attached hydrogen (secondary N) is 1. The summed E-state index contributed by atoms with van der Waals surface area (Å²) in [6, 6.07) is -0.914. The van der Waals surface area contributed by atoms with Gasteiger partial charge in [-0.15, -0.1) is 0 Å². The van der Waals surface area contributed by atoms with E-state index in [1.165, 1.54) is 6.33 Å². The third-order valence-electron chi connectivity index (χ3n) is 1.20. The van der Waals surface area contributed by atoms with E-state index in [0.29, 0.717) is 5.82 Å². The van der Waals surface area contributed by atoms with E-state index in [9.17, 15) is 4.79 Å². The summed E-state index contributed by atoms with van der Waals surface area (Å²) in [6.45, 7) is 0. The Kier molecular flexibility index (Phi) is 3.88. The molecule has 1 aromatic heterocycles. The lowest BCUT2D eigenvalue weighted by Gasteiger charge is -2.01. The maximum Gasteiger partial charge on any atom is 0.320 e. The number of aromatic nitrogens is 3. The summed E-state index contributed by atoms with van der Waals surface area (Å²) in [5.74, 6) is -0.554. The van der Waals surface area contributed by atoms with Gasteiger partial charge in [0.1, 0.15) is 18.2 Å². The predicted molar refractivity (Wildman–Crippen MR) is 39.3 cm³/mol. The van der Waals surface area contributed by atoms with Crippen LogP contribution in [-0.4, -0.2) is 37.8 Å². The fourth-order valence-electron chi connectivity index (χ4n) is 0.625. The second kappa shape index (κ2) is 4.42. The van der Waals surface area contributed by atoms with Gasteiger partial charge in [-0.3, -0.25) is 9.89 Å². The van der Waals surface area contributed by atoms with Crippen molar-refractivity contribution in [2.24, 2.45) is 5.73 Å². The van der Waals surface area contributed by atoms with Crippen LogP contribution in [0.2, 0.25) is 0 Å². The molecule has 0 aliphatic carbocycles. The van der Waals surface area contributed by atoms with Crippen LogP contribution < -0.4 is 5.73 Å². The number of hydrogen-bond acceptors (Lipinski definition) is 4. The number of aliphatic carboxylic acids is 1. The SMILES string of the molecule is NC(Cc1ncn[nH]1)C(=O)O.O. The van der Waals surface area contributed by atoms with Crippen molar-refractivity contribution in [2.75, 3.05) is 0 Å². The highest BCUT2D eigenvalue weighted by atomic mass is 16.4. The first-order chi connectivity index (χ1) is 5.20. The van der Waals surface area contributed by atoms with E-state index in [1.807, 2.05) is 0 Å². The minimum Gasteiger partial charge on any atom is -0.480 e. The van der Waals surface area contributed by atoms with Crippen molar-refractivity contribution in [3.8, 4) is 0 Å². The number of aromatic amines is 1. The molecule has 0 aliphatic heterocycles. The predicted octanol–water partition coefficient (Wildman–Crippen LogP) is -2.07. The Bertz CT molecular complexity index is 235. The molecule has 0 saturated heterocycles. The van der Waals surface area contributed by atoms with Gasteiger partial charge in [0.05, 0.1) is 0 Å². The number of hydrogen-bond donors (Lipinski definition) is 3. The standard InChI is InChI=1S/C5H8N4O2.H2O/c6-3(5(10)11)1-4-7-2-8-9-4;/h2-3H,1,6H2,(H,10,11)(H,7,8,9);1H2. The average molecular weight is 174 g/mol. The summed E-state index contributed by atoms with van der Waals surface area (Å²) in [6.07, 6.45) is 1.49. The first-order valence-corrected chi connectivity index (χ1v) is 3.03. The van der Waals surface area contributed by atoms with Crippen LogP contribution in [0.15, 0.2) is 6.33 Å². The molecule has 1 heterocycles. The van der Waals surface area contributed by atoms with E-state index in [0.717, 1.165) is 0 Å². The molecule has 0 amide bonds. The molecular weight excluding hydrogens is 164 g/mol. The van der Waals surface area contributed by atoms with E-state index in [-0.39, 0.29) is 11.9 Å². The third kappa shape index (κ3) is 2.64. The van der Waals surface area contributed by atoms with Crippen molar-refractivity contribution in [3.63, 3.8) is 0 Å². The number of nitrogens with two attached hydrogens (primary N) is 1. The summed E-state index contributed by atoms with van der Waals surface area (Å²) < 4.78 is 0. The summed E-state index contributed by atoms with van der Waals surface area (Å²) >= 11 is 0. The molecule has 1 aromatic rings. The van der Waals surface area contributed by atoms with Crippen LogP contribution in [0.4, 0.5) is 0 Å². The van der Waals surface area contributed by atoms with Gasteiger partial charge in [-0.05, 0) is 0 Å². The van der Waals surface area contributed by atoms with Gasteiger partial charge >= 0.3 is 5.97 Å². The van der Waals surface area contributed by atoms with Gasteiger partial charge < -0.3 is 16.3 Å². The first kappa shape index (κ1) is 10.5. The Morgan fingerprint density at radius 2 is 2.50 bits per heavy atom. The number of carbonyl (C=O) groups is 1. The Morgan fingerprint density at radius 1 is 1.83 bits per heavy atom. The van der Waals surface area contributed by atoms with Gasteiger partial charge in [0, 0.05) is 6.42 Å². The summed E-state index contributed by atoms with van der Waals surface area (Å²) in [7, 11) is 0. The average Bonchev–Trinajstić information content (AvgIpc) is 2.39. The monoisotopic (exact) mass is 174 g/mol. The Labute approximate surface area is 67.9 Å². The minimum atomic E-state index is -1.04. The molecule has 0 aromatic carbocycles. The van der Waals surface area contributed by atoms with Crippen LogP contribution in [0.3, 0.4) is 0 Å². The van der Waals surface area contributed by atoms with Crippen molar-refractivity contribution < 1.29 is 15.4 Å². The molecule has 0 spiro atoms. The third-order valence-corrected chi connectivity index (χ3v) is 1.20. The zero-order valence-electron chi connectivity index (χ0n) is 6.19. The highest BCUT2D eigenvalue weighted by Gasteiger charge is 2.12. The van der Waals surface area contributed by atoms with Crippen LogP contribution >= 0.6 is 0 Å². The molecule has 7 heteroatoms. The fraction of sp³-hybridized carbons (Fsp3) is 0.400. The van der Waals surface area contributed by atoms with Gasteiger partial charge in [0.2, 0.25) is 0 Å². The molecule has 0 radical (unpaired) electrons. The van der Waals surface area contributed by atoms with E-state index in [1.54, 1.807) is 0 Å². The van der Waals surface area contributed by atoms with Gasteiger partial charge in [-0.25, -0.2) is 4.98 Å². The van der Waals surface area contributed by atoms with Crippen LogP contribution in [0.5, 0.6) is 0 Å². The van der Waals surface area contributed by atoms with E-state index in [4.69, 9.17) is 10.8 Å². The van der Waals surface area contributed by atoms with Crippen molar-refractivity contribution in [1.82, 2.24) is 15.2 Å². The molecular formula is C5H10N4O3. The Hall–Kier alpha value is -1.47. The lowest BCUT2D eigenvalue weighted by Crippen LogP contribution is -2.32. The number of H-pyrrole nitrogens is 1. The molecule has 1 rings (SSSR count). The number of carboxylic acid groups (broad SMARTS) is 1. The zero-order chi connectivity index (χ0) is 8.27. The normalized spacial score (nSPS) is 11.8. The smallest absolute Gasteiger partial charge is 0.320 e. The largest absolute Gasteiger partial charge is 0.480 e. The quantitative estimate of drug-likeness (QED) is 0.483. The molecule has 1 unspecified atom stereocenters. The van der Waals surface area contributed by atoms with Gasteiger partial charge in [-0.1, -0.05) is 0 Å². The lowest BCUT2D eigenvalue weighted by molar-refractivity contribution is -0.138. The Balaban J connectivity index is 0.00000121. The Morgan fingerprint density at radius 3 is 2.92 bits per heavy atom. The van der Waals surface area contributed by atoms with Gasteiger partial charge in [-0.2, -0.15) is 5.10 Å². The highest BCUT2D eigenvalue weighted by Crippen LogP contribution is 1.91. The lowest BCUT2D eigenvalue weighted by atomic mass is 10.2. The van der Waals surface area contributed by atoms with Gasteiger partial charge in [0.15, 0.2) is 0 Å². The second-order valence-corrected chi connectivity index (χ2v) is 2.08. The molecule has 0 fully saturated rings. The fourth-order valence-corrected chi connectivity index (χ4v) is 0.625. The van der Waals surface area contributed by atoms with E-state index in [2.05, 4.69) is 15.2 Å². The summed E-state index contributed by atoms with van der Waals surface area (Å²) in [4.78, 5) is 14.0. The number of carboxylic acids is 1. The maximum atomic E-state index is 10.2. The number of rotatable bonds is 3. The van der Waals surface area contributed by atoms with Crippen LogP contribution in [-0.2, 0) is 11.2 Å². The molecule has 12 heavy (non-hydrogen) atoms. The van der Waals surface area contributed by atoms with E-state index < -0.39 is 12.0 Å². The molecule has 0 saturated carbocycles. The molecule has 0 bridgehead atoms. The van der Waals surface area contributed by atoms with Gasteiger partial charge in [0.25, 0.3) is 0 Å². The molecule has 0 aliphatic rings. The molecule has 1 atom stereocenters. The molecule has 6 N–H and O–H groups in total. The second-order valence-electron chi connectivity index (χ2n) is 2.08. The maximum absolute atomic E-state index is 10.2. The van der Waals surface area contributed by atoms with Crippen molar-refractivity contribution >= 4 is 5.97 Å². The molecule has 68 valence electrons. The van der Waals surface area contributed by atoms with Crippen LogP contribution in [0.1, 0.15) is 5.82 Å². The van der Waals surface area contributed by atoms with Crippen molar-refractivity contribution in [1.29, 1.82) is 0 Å².